The maximum atomic E-state index is 2.34. The molecule has 0 aromatic heterocycles. The van der Waals surface area contributed by atoms with Crippen molar-refractivity contribution in [2.75, 3.05) is 12.3 Å². The van der Waals surface area contributed by atoms with Crippen LogP contribution < -0.4 is 0 Å². The van der Waals surface area contributed by atoms with Crippen LogP contribution >= 0.6 is 15.8 Å². The van der Waals surface area contributed by atoms with Gasteiger partial charge in [-0.3, -0.25) is 0 Å². The standard InChI is InChI=1S/2C12H23P/c1-2-3-10-13-11-6-4-7-12(13)9-5-8-11;1-2-3-10-13-11-6-4-5-7-12(13)9-8-11/h2*11-12H,2-10H2,1H3. The Balaban J connectivity index is 0.000000151. The fourth-order valence-electron chi connectivity index (χ4n) is 6.23. The lowest BCUT2D eigenvalue weighted by molar-refractivity contribution is 0.474. The summed E-state index contributed by atoms with van der Waals surface area (Å²) in [5.41, 5.74) is 4.81. The molecule has 0 saturated carbocycles. The van der Waals surface area contributed by atoms with E-state index in [1.807, 2.05) is 0 Å². The van der Waals surface area contributed by atoms with E-state index in [0.29, 0.717) is 15.8 Å². The maximum Gasteiger partial charge on any atom is -0.0206 e. The van der Waals surface area contributed by atoms with E-state index >= 15 is 0 Å². The van der Waals surface area contributed by atoms with Crippen molar-refractivity contribution in [1.29, 1.82) is 0 Å². The van der Waals surface area contributed by atoms with Gasteiger partial charge in [0, 0.05) is 0 Å². The van der Waals surface area contributed by atoms with Gasteiger partial charge in [-0.2, -0.15) is 0 Å². The van der Waals surface area contributed by atoms with E-state index in [1.165, 1.54) is 48.3 Å². The summed E-state index contributed by atoms with van der Waals surface area (Å²) < 4.78 is 0. The van der Waals surface area contributed by atoms with Gasteiger partial charge in [0.05, 0.1) is 0 Å². The molecule has 4 heterocycles. The van der Waals surface area contributed by atoms with Gasteiger partial charge in [0.25, 0.3) is 0 Å². The van der Waals surface area contributed by atoms with Crippen LogP contribution in [-0.4, -0.2) is 35.0 Å². The van der Waals surface area contributed by atoms with Gasteiger partial charge in [0.1, 0.15) is 0 Å². The molecule has 0 nitrogen and oxygen atoms in total. The summed E-state index contributed by atoms with van der Waals surface area (Å²) in [5, 5.41) is 0. The van der Waals surface area contributed by atoms with Gasteiger partial charge in [-0.25, -0.2) is 0 Å². The summed E-state index contributed by atoms with van der Waals surface area (Å²) in [6, 6.07) is 0. The molecule has 152 valence electrons. The van der Waals surface area contributed by atoms with E-state index in [-0.39, 0.29) is 0 Å². The lowest BCUT2D eigenvalue weighted by Crippen LogP contribution is -2.27. The molecule has 2 heteroatoms. The van der Waals surface area contributed by atoms with Crippen LogP contribution in [0, 0.1) is 0 Å². The molecule has 4 fully saturated rings. The van der Waals surface area contributed by atoms with Gasteiger partial charge in [-0.15, -0.1) is 15.8 Å². The molecular weight excluding hydrogens is 350 g/mol. The van der Waals surface area contributed by atoms with Crippen molar-refractivity contribution in [3.8, 4) is 0 Å². The fourth-order valence-corrected chi connectivity index (χ4v) is 14.3. The highest BCUT2D eigenvalue weighted by molar-refractivity contribution is 7.59. The van der Waals surface area contributed by atoms with E-state index in [0.717, 1.165) is 0 Å². The fraction of sp³-hybridized carbons (Fsp3) is 1.00. The quantitative estimate of drug-likeness (QED) is 0.394. The first kappa shape index (κ1) is 21.6. The predicted octanol–water partition coefficient (Wildman–Crippen LogP) is 8.75. The number of fused-ring (bicyclic) bond motifs is 4. The van der Waals surface area contributed by atoms with Crippen LogP contribution in [-0.2, 0) is 0 Å². The van der Waals surface area contributed by atoms with Crippen molar-refractivity contribution in [3.05, 3.63) is 0 Å². The van der Waals surface area contributed by atoms with E-state index in [2.05, 4.69) is 13.8 Å². The van der Waals surface area contributed by atoms with Crippen LogP contribution in [0.15, 0.2) is 0 Å². The third-order valence-electron chi connectivity index (χ3n) is 7.72. The average molecular weight is 397 g/mol. The third kappa shape index (κ3) is 5.93. The smallest absolute Gasteiger partial charge is 0.0206 e. The Bertz CT molecular complexity index is 329. The Morgan fingerprint density at radius 2 is 0.846 bits per heavy atom. The molecular formula is C24H46P2. The lowest BCUT2D eigenvalue weighted by Gasteiger charge is -2.43. The van der Waals surface area contributed by atoms with Crippen LogP contribution in [0.25, 0.3) is 0 Å². The summed E-state index contributed by atoms with van der Waals surface area (Å²) in [5.74, 6) is 0. The van der Waals surface area contributed by atoms with E-state index in [9.17, 15) is 0 Å². The predicted molar refractivity (Wildman–Crippen MR) is 124 cm³/mol. The topological polar surface area (TPSA) is 0 Å². The van der Waals surface area contributed by atoms with Crippen molar-refractivity contribution in [2.45, 2.75) is 139 Å². The minimum atomic E-state index is 0.484. The third-order valence-corrected chi connectivity index (χ3v) is 15.2. The van der Waals surface area contributed by atoms with Crippen LogP contribution in [0.3, 0.4) is 0 Å². The summed E-state index contributed by atoms with van der Waals surface area (Å²) in [7, 11) is 0.969. The summed E-state index contributed by atoms with van der Waals surface area (Å²) in [6.07, 6.45) is 28.0. The summed E-state index contributed by atoms with van der Waals surface area (Å²) in [6.45, 7) is 4.68. The van der Waals surface area contributed by atoms with Crippen molar-refractivity contribution < 1.29 is 0 Å². The Hall–Kier alpha value is 0.860. The average Bonchev–Trinajstić information content (AvgIpc) is 2.90. The van der Waals surface area contributed by atoms with Crippen molar-refractivity contribution >= 4 is 15.8 Å². The zero-order valence-electron chi connectivity index (χ0n) is 17.9. The monoisotopic (exact) mass is 396 g/mol. The summed E-state index contributed by atoms with van der Waals surface area (Å²) in [4.78, 5) is 0. The Morgan fingerprint density at radius 1 is 0.500 bits per heavy atom. The van der Waals surface area contributed by atoms with Crippen molar-refractivity contribution in [2.24, 2.45) is 0 Å². The minimum absolute atomic E-state index is 0.484. The SMILES string of the molecule is CCCCP1C2CCCC1CCC2.CCCCP1C2CCCCC1CC2. The zero-order valence-corrected chi connectivity index (χ0v) is 19.7. The molecule has 4 saturated heterocycles. The first-order valence-corrected chi connectivity index (χ1v) is 15.7. The van der Waals surface area contributed by atoms with Gasteiger partial charge < -0.3 is 0 Å². The van der Waals surface area contributed by atoms with Crippen LogP contribution in [0.5, 0.6) is 0 Å². The molecule has 26 heavy (non-hydrogen) atoms. The second-order valence-electron chi connectivity index (χ2n) is 9.52. The molecule has 0 spiro atoms. The molecule has 0 N–H and O–H groups in total. The van der Waals surface area contributed by atoms with Gasteiger partial charge in [0.15, 0.2) is 0 Å². The number of rotatable bonds is 6. The van der Waals surface area contributed by atoms with Crippen LogP contribution in [0.1, 0.15) is 117 Å². The Kier molecular flexibility index (Phi) is 9.76. The number of unbranched alkanes of at least 4 members (excludes halogenated alkanes) is 2. The highest BCUT2D eigenvalue weighted by Crippen LogP contribution is 2.61. The summed E-state index contributed by atoms with van der Waals surface area (Å²) >= 11 is 0. The Morgan fingerprint density at radius 3 is 1.23 bits per heavy atom. The van der Waals surface area contributed by atoms with Gasteiger partial charge in [0.2, 0.25) is 0 Å². The molecule has 4 bridgehead atoms. The second-order valence-corrected chi connectivity index (χ2v) is 15.4. The molecule has 4 rings (SSSR count). The first-order valence-electron chi connectivity index (χ1n) is 12.3. The van der Waals surface area contributed by atoms with Crippen molar-refractivity contribution in [1.82, 2.24) is 0 Å². The molecule has 0 aromatic rings. The zero-order chi connectivity index (χ0) is 18.2. The molecule has 0 radical (unpaired) electrons. The molecule has 0 aromatic carbocycles. The van der Waals surface area contributed by atoms with Gasteiger partial charge >= 0.3 is 0 Å². The molecule has 4 aliphatic heterocycles. The largest absolute Gasteiger partial charge is 0.100 e. The van der Waals surface area contributed by atoms with E-state index in [1.54, 1.807) is 89.4 Å². The second kappa shape index (κ2) is 11.8. The van der Waals surface area contributed by atoms with Crippen molar-refractivity contribution in [3.63, 3.8) is 0 Å². The lowest BCUT2D eigenvalue weighted by atomic mass is 9.99. The highest BCUT2D eigenvalue weighted by atomic mass is 31.1. The minimum Gasteiger partial charge on any atom is -0.100 e. The van der Waals surface area contributed by atoms with Gasteiger partial charge in [-0.05, 0) is 99.2 Å². The molecule has 0 amide bonds. The van der Waals surface area contributed by atoms with E-state index in [4.69, 9.17) is 0 Å². The molecule has 2 atom stereocenters. The molecule has 0 aliphatic carbocycles. The number of hydrogen-bond acceptors (Lipinski definition) is 0. The maximum absolute atomic E-state index is 2.34. The van der Waals surface area contributed by atoms with Crippen LogP contribution in [0.4, 0.5) is 0 Å². The van der Waals surface area contributed by atoms with Gasteiger partial charge in [-0.1, -0.05) is 52.4 Å². The van der Waals surface area contributed by atoms with Crippen LogP contribution in [0.2, 0.25) is 0 Å². The first-order chi connectivity index (χ1) is 12.8. The Labute approximate surface area is 167 Å². The normalized spacial score (nSPS) is 39.0. The molecule has 4 aliphatic rings. The van der Waals surface area contributed by atoms with E-state index < -0.39 is 0 Å². The molecule has 2 unspecified atom stereocenters. The highest BCUT2D eigenvalue weighted by Gasteiger charge is 2.36. The number of hydrogen-bond donors (Lipinski definition) is 0.